The summed E-state index contributed by atoms with van der Waals surface area (Å²) in [5.74, 6) is -0.286. The van der Waals surface area contributed by atoms with Crippen LogP contribution in [0.25, 0.3) is 0 Å². The number of hydrogen-bond acceptors (Lipinski definition) is 5. The van der Waals surface area contributed by atoms with E-state index in [0.717, 1.165) is 0 Å². The Morgan fingerprint density at radius 3 is 2.40 bits per heavy atom. The number of rotatable bonds is 3. The molecule has 2 saturated heterocycles. The van der Waals surface area contributed by atoms with Crippen LogP contribution in [0.5, 0.6) is 0 Å². The van der Waals surface area contributed by atoms with Gasteiger partial charge in [0.15, 0.2) is 9.84 Å². The average Bonchev–Trinajstić information content (AvgIpc) is 3.06. The van der Waals surface area contributed by atoms with Crippen LogP contribution in [0.1, 0.15) is 36.5 Å². The number of aromatic amines is 1. The minimum atomic E-state index is -3.29. The molecule has 3 heterocycles. The number of carbonyl (C=O) groups is 2. The van der Waals surface area contributed by atoms with E-state index in [1.165, 1.54) is 6.33 Å². The van der Waals surface area contributed by atoms with Gasteiger partial charge in [-0.05, 0) is 12.8 Å². The smallest absolute Gasteiger partial charge is 0.274 e. The van der Waals surface area contributed by atoms with Crippen LogP contribution in [0, 0.1) is 12.8 Å². The van der Waals surface area contributed by atoms with Crippen molar-refractivity contribution in [2.75, 3.05) is 24.6 Å². The van der Waals surface area contributed by atoms with Gasteiger partial charge >= 0.3 is 0 Å². The SMILES string of the molecule is Cc1[nH]cnc1C(=O)N1CCN(C(=O)CC(C)C)[C@@H]2CS(=O)(=O)C[C@@H]21. The van der Waals surface area contributed by atoms with Crippen molar-refractivity contribution in [3.8, 4) is 0 Å². The lowest BCUT2D eigenvalue weighted by atomic mass is 10.0. The molecule has 0 aliphatic carbocycles. The molecule has 0 radical (unpaired) electrons. The first-order valence-electron chi connectivity index (χ1n) is 8.50. The van der Waals surface area contributed by atoms with Gasteiger partial charge in [-0.1, -0.05) is 13.8 Å². The number of carbonyl (C=O) groups excluding carboxylic acids is 2. The number of aromatic nitrogens is 2. The van der Waals surface area contributed by atoms with Gasteiger partial charge in [0, 0.05) is 25.2 Å². The molecule has 0 bridgehead atoms. The monoisotopic (exact) mass is 368 g/mol. The van der Waals surface area contributed by atoms with E-state index >= 15 is 0 Å². The highest BCUT2D eigenvalue weighted by Gasteiger charge is 2.49. The first kappa shape index (κ1) is 17.9. The van der Waals surface area contributed by atoms with Crippen LogP contribution in [-0.4, -0.2) is 76.7 Å². The molecule has 2 fully saturated rings. The summed E-state index contributed by atoms with van der Waals surface area (Å²) in [6, 6.07) is -0.966. The second-order valence-corrected chi connectivity index (χ2v) is 9.43. The fraction of sp³-hybridized carbons (Fsp3) is 0.688. The van der Waals surface area contributed by atoms with Crippen molar-refractivity contribution in [3.63, 3.8) is 0 Å². The lowest BCUT2D eigenvalue weighted by molar-refractivity contribution is -0.137. The van der Waals surface area contributed by atoms with Crippen LogP contribution in [-0.2, 0) is 14.6 Å². The molecule has 0 spiro atoms. The van der Waals surface area contributed by atoms with Crippen LogP contribution < -0.4 is 0 Å². The first-order chi connectivity index (χ1) is 11.7. The number of nitrogens with zero attached hydrogens (tertiary/aromatic N) is 3. The standard InChI is InChI=1S/C16H24N4O4S/c1-10(2)6-14(21)19-4-5-20(13-8-25(23,24)7-12(13)19)16(22)15-11(3)17-9-18-15/h9-10,12-13H,4-8H2,1-3H3,(H,17,18)/t12-,13+/m1/s1. The van der Waals surface area contributed by atoms with E-state index in [9.17, 15) is 18.0 Å². The maximum Gasteiger partial charge on any atom is 0.274 e. The summed E-state index contributed by atoms with van der Waals surface area (Å²) in [6.45, 7) is 6.36. The number of piperazine rings is 1. The van der Waals surface area contributed by atoms with E-state index < -0.39 is 21.9 Å². The van der Waals surface area contributed by atoms with Crippen LogP contribution in [0.3, 0.4) is 0 Å². The summed E-state index contributed by atoms with van der Waals surface area (Å²) in [5, 5.41) is 0. The molecule has 2 atom stereocenters. The fourth-order valence-electron chi connectivity index (χ4n) is 3.69. The molecule has 9 heteroatoms. The highest BCUT2D eigenvalue weighted by atomic mass is 32.2. The molecule has 2 aliphatic rings. The topological polar surface area (TPSA) is 103 Å². The van der Waals surface area contributed by atoms with Crippen LogP contribution in [0.15, 0.2) is 6.33 Å². The Morgan fingerprint density at radius 1 is 1.24 bits per heavy atom. The van der Waals surface area contributed by atoms with E-state index in [1.807, 2.05) is 13.8 Å². The van der Waals surface area contributed by atoms with Crippen molar-refractivity contribution < 1.29 is 18.0 Å². The van der Waals surface area contributed by atoms with Crippen molar-refractivity contribution in [3.05, 3.63) is 17.7 Å². The summed E-state index contributed by atoms with van der Waals surface area (Å²) >= 11 is 0. The van der Waals surface area contributed by atoms with Gasteiger partial charge in [-0.3, -0.25) is 9.59 Å². The number of amides is 2. The molecule has 3 rings (SSSR count). The predicted octanol–water partition coefficient (Wildman–Crippen LogP) is 0.214. The molecule has 2 aliphatic heterocycles. The van der Waals surface area contributed by atoms with Gasteiger partial charge < -0.3 is 14.8 Å². The molecule has 0 saturated carbocycles. The Hall–Kier alpha value is -1.90. The van der Waals surface area contributed by atoms with Gasteiger partial charge in [-0.15, -0.1) is 0 Å². The third kappa shape index (κ3) is 3.42. The molecular weight excluding hydrogens is 344 g/mol. The molecule has 0 unspecified atom stereocenters. The summed E-state index contributed by atoms with van der Waals surface area (Å²) in [7, 11) is -3.29. The molecule has 0 aromatic carbocycles. The Kier molecular flexibility index (Phi) is 4.61. The van der Waals surface area contributed by atoms with Crippen LogP contribution in [0.4, 0.5) is 0 Å². The highest BCUT2D eigenvalue weighted by molar-refractivity contribution is 7.91. The average molecular weight is 368 g/mol. The number of H-pyrrole nitrogens is 1. The third-order valence-corrected chi connectivity index (χ3v) is 6.57. The fourth-order valence-corrected chi connectivity index (χ4v) is 5.67. The number of sulfone groups is 1. The largest absolute Gasteiger partial charge is 0.348 e. The maximum absolute atomic E-state index is 12.8. The summed E-state index contributed by atoms with van der Waals surface area (Å²) in [6.07, 6.45) is 1.84. The summed E-state index contributed by atoms with van der Waals surface area (Å²) in [4.78, 5) is 35.5. The predicted molar refractivity (Wildman–Crippen MR) is 91.8 cm³/mol. The van der Waals surface area contributed by atoms with E-state index in [4.69, 9.17) is 0 Å². The maximum atomic E-state index is 12.8. The van der Waals surface area contributed by atoms with Crippen LogP contribution >= 0.6 is 0 Å². The molecule has 1 aromatic rings. The summed E-state index contributed by atoms with van der Waals surface area (Å²) < 4.78 is 24.4. The van der Waals surface area contributed by atoms with Crippen molar-refractivity contribution in [2.45, 2.75) is 39.3 Å². The lowest BCUT2D eigenvalue weighted by Crippen LogP contribution is -2.62. The second kappa shape index (κ2) is 6.44. The molecule has 8 nitrogen and oxygen atoms in total. The first-order valence-corrected chi connectivity index (χ1v) is 10.3. The third-order valence-electron chi connectivity index (χ3n) is 4.87. The number of fused-ring (bicyclic) bond motifs is 1. The Balaban J connectivity index is 1.87. The molecule has 25 heavy (non-hydrogen) atoms. The van der Waals surface area contributed by atoms with Crippen LogP contribution in [0.2, 0.25) is 0 Å². The zero-order valence-corrected chi connectivity index (χ0v) is 15.5. The molecule has 1 aromatic heterocycles. The Bertz CT molecular complexity index is 786. The highest BCUT2D eigenvalue weighted by Crippen LogP contribution is 2.29. The zero-order valence-electron chi connectivity index (χ0n) is 14.7. The lowest BCUT2D eigenvalue weighted by Gasteiger charge is -2.44. The molecular formula is C16H24N4O4S. The minimum absolute atomic E-state index is 0.0369. The van der Waals surface area contributed by atoms with Gasteiger partial charge in [-0.25, -0.2) is 13.4 Å². The van der Waals surface area contributed by atoms with Gasteiger partial charge in [0.25, 0.3) is 5.91 Å². The molecule has 2 amide bonds. The number of nitrogens with one attached hydrogen (secondary N) is 1. The summed E-state index contributed by atoms with van der Waals surface area (Å²) in [5.41, 5.74) is 0.964. The van der Waals surface area contributed by atoms with Crippen molar-refractivity contribution >= 4 is 21.7 Å². The van der Waals surface area contributed by atoms with Gasteiger partial charge in [0.2, 0.25) is 5.91 Å². The normalized spacial score (nSPS) is 25.3. The zero-order chi connectivity index (χ0) is 18.4. The quantitative estimate of drug-likeness (QED) is 0.822. The number of aryl methyl sites for hydroxylation is 1. The Morgan fingerprint density at radius 2 is 1.84 bits per heavy atom. The van der Waals surface area contributed by atoms with Gasteiger partial charge in [0.1, 0.15) is 5.69 Å². The Labute approximate surface area is 147 Å². The van der Waals surface area contributed by atoms with E-state index in [2.05, 4.69) is 9.97 Å². The van der Waals surface area contributed by atoms with Crippen molar-refractivity contribution in [1.29, 1.82) is 0 Å². The van der Waals surface area contributed by atoms with Gasteiger partial charge in [-0.2, -0.15) is 0 Å². The van der Waals surface area contributed by atoms with E-state index in [1.54, 1.807) is 16.7 Å². The van der Waals surface area contributed by atoms with Gasteiger partial charge in [0.05, 0.1) is 29.9 Å². The number of imidazole rings is 1. The molecule has 1 N–H and O–H groups in total. The van der Waals surface area contributed by atoms with E-state index in [-0.39, 0.29) is 29.2 Å². The van der Waals surface area contributed by atoms with Crippen molar-refractivity contribution in [1.82, 2.24) is 19.8 Å². The minimum Gasteiger partial charge on any atom is -0.348 e. The number of hydrogen-bond donors (Lipinski definition) is 1. The van der Waals surface area contributed by atoms with E-state index in [0.29, 0.717) is 30.9 Å². The molecule has 138 valence electrons. The second-order valence-electron chi connectivity index (χ2n) is 7.27. The van der Waals surface area contributed by atoms with Crippen molar-refractivity contribution in [2.24, 2.45) is 5.92 Å².